The second-order valence-corrected chi connectivity index (χ2v) is 4.96. The molecule has 0 aliphatic rings. The third-order valence-electron chi connectivity index (χ3n) is 3.10. The van der Waals surface area contributed by atoms with Crippen molar-refractivity contribution in [3.05, 3.63) is 77.3 Å². The fraction of sp³-hybridized carbons (Fsp3) is 0.0625. The number of benzene rings is 2. The monoisotopic (exact) mass is 313 g/mol. The molecule has 1 heterocycles. The third-order valence-corrected chi connectivity index (χ3v) is 3.47. The number of halogens is 1. The molecule has 0 aliphatic heterocycles. The van der Waals surface area contributed by atoms with Gasteiger partial charge in [0.2, 0.25) is 0 Å². The minimum absolute atomic E-state index is 0.142. The molecule has 5 nitrogen and oxygen atoms in total. The number of carbonyl (C=O) groups excluding carboxylic acids is 1. The molecule has 1 aromatic heterocycles. The zero-order valence-electron chi connectivity index (χ0n) is 11.5. The lowest BCUT2D eigenvalue weighted by Crippen LogP contribution is -2.06. The Labute approximate surface area is 132 Å². The summed E-state index contributed by atoms with van der Waals surface area (Å²) in [5.41, 5.74) is 2.06. The molecular weight excluding hydrogens is 302 g/mol. The number of aromatic nitrogens is 3. The van der Waals surface area contributed by atoms with Gasteiger partial charge in [-0.1, -0.05) is 29.8 Å². The van der Waals surface area contributed by atoms with E-state index in [1.807, 2.05) is 18.2 Å². The van der Waals surface area contributed by atoms with Gasteiger partial charge in [-0.25, -0.2) is 14.5 Å². The number of esters is 1. The summed E-state index contributed by atoms with van der Waals surface area (Å²) in [5, 5.41) is 4.60. The van der Waals surface area contributed by atoms with Gasteiger partial charge in [-0.15, -0.1) is 0 Å². The number of hydrogen-bond acceptors (Lipinski definition) is 4. The van der Waals surface area contributed by atoms with E-state index in [9.17, 15) is 4.79 Å². The molecule has 0 spiro atoms. The number of nitrogens with zero attached hydrogens (tertiary/aromatic N) is 3. The van der Waals surface area contributed by atoms with Gasteiger partial charge in [-0.2, -0.15) is 5.10 Å². The molecule has 3 rings (SSSR count). The van der Waals surface area contributed by atoms with Crippen LogP contribution in [-0.2, 0) is 11.3 Å². The molecule has 0 saturated heterocycles. The van der Waals surface area contributed by atoms with Gasteiger partial charge in [0.15, 0.2) is 0 Å². The minimum Gasteiger partial charge on any atom is -0.457 e. The quantitative estimate of drug-likeness (QED) is 0.694. The summed E-state index contributed by atoms with van der Waals surface area (Å²) in [6, 6.07) is 14.2. The Kier molecular flexibility index (Phi) is 4.16. The molecule has 22 heavy (non-hydrogen) atoms. The summed E-state index contributed by atoms with van der Waals surface area (Å²) in [6.45, 7) is 0.142. The highest BCUT2D eigenvalue weighted by Crippen LogP contribution is 2.17. The number of ether oxygens (including phenoxy) is 1. The van der Waals surface area contributed by atoms with Gasteiger partial charge in [-0.05, 0) is 30.3 Å². The standard InChI is InChI=1S/C16H12ClN3O2/c17-15-4-2-1-3-13(15)9-22-16(21)12-5-7-14(8-6-12)20-11-18-10-19-20/h1-8,10-11H,9H2. The predicted molar refractivity (Wildman–Crippen MR) is 81.9 cm³/mol. The van der Waals surface area contributed by atoms with Crippen LogP contribution in [0.25, 0.3) is 5.69 Å². The molecule has 0 N–H and O–H groups in total. The molecule has 0 saturated carbocycles. The Morgan fingerprint density at radius 3 is 2.59 bits per heavy atom. The van der Waals surface area contributed by atoms with Crippen molar-refractivity contribution in [2.45, 2.75) is 6.61 Å². The van der Waals surface area contributed by atoms with E-state index in [-0.39, 0.29) is 6.61 Å². The van der Waals surface area contributed by atoms with Crippen LogP contribution in [0.5, 0.6) is 0 Å². The van der Waals surface area contributed by atoms with Crippen molar-refractivity contribution in [3.8, 4) is 5.69 Å². The summed E-state index contributed by atoms with van der Waals surface area (Å²) in [5.74, 6) is -0.398. The summed E-state index contributed by atoms with van der Waals surface area (Å²) in [4.78, 5) is 15.9. The molecule has 110 valence electrons. The van der Waals surface area contributed by atoms with Crippen LogP contribution in [0.2, 0.25) is 5.02 Å². The van der Waals surface area contributed by atoms with Gasteiger partial charge >= 0.3 is 5.97 Å². The van der Waals surface area contributed by atoms with E-state index in [4.69, 9.17) is 16.3 Å². The Hall–Kier alpha value is -2.66. The van der Waals surface area contributed by atoms with E-state index >= 15 is 0 Å². The zero-order valence-corrected chi connectivity index (χ0v) is 12.3. The fourth-order valence-electron chi connectivity index (χ4n) is 1.93. The van der Waals surface area contributed by atoms with Gasteiger partial charge in [-0.3, -0.25) is 0 Å². The van der Waals surface area contributed by atoms with Gasteiger partial charge in [0.1, 0.15) is 19.3 Å². The molecule has 0 radical (unpaired) electrons. The molecule has 0 amide bonds. The van der Waals surface area contributed by atoms with Crippen molar-refractivity contribution >= 4 is 17.6 Å². The fourth-order valence-corrected chi connectivity index (χ4v) is 2.12. The largest absolute Gasteiger partial charge is 0.457 e. The van der Waals surface area contributed by atoms with Crippen LogP contribution in [0.4, 0.5) is 0 Å². The maximum atomic E-state index is 12.0. The van der Waals surface area contributed by atoms with Crippen LogP contribution >= 0.6 is 11.6 Å². The first kappa shape index (κ1) is 14.3. The van der Waals surface area contributed by atoms with Crippen molar-refractivity contribution in [2.24, 2.45) is 0 Å². The Morgan fingerprint density at radius 2 is 1.91 bits per heavy atom. The molecule has 0 bridgehead atoms. The van der Waals surface area contributed by atoms with Gasteiger partial charge in [0.05, 0.1) is 11.3 Å². The van der Waals surface area contributed by atoms with Crippen molar-refractivity contribution in [1.29, 1.82) is 0 Å². The average molecular weight is 314 g/mol. The number of rotatable bonds is 4. The molecule has 6 heteroatoms. The topological polar surface area (TPSA) is 57.0 Å². The molecule has 0 aliphatic carbocycles. The smallest absolute Gasteiger partial charge is 0.338 e. The second-order valence-electron chi connectivity index (χ2n) is 4.55. The van der Waals surface area contributed by atoms with E-state index in [2.05, 4.69) is 10.1 Å². The van der Waals surface area contributed by atoms with Gasteiger partial charge in [0.25, 0.3) is 0 Å². The Balaban J connectivity index is 1.67. The van der Waals surface area contributed by atoms with Crippen LogP contribution in [0.15, 0.2) is 61.2 Å². The van der Waals surface area contributed by atoms with Crippen LogP contribution in [0.3, 0.4) is 0 Å². The average Bonchev–Trinajstić information content (AvgIpc) is 3.08. The van der Waals surface area contributed by atoms with Crippen LogP contribution in [-0.4, -0.2) is 20.7 Å². The van der Waals surface area contributed by atoms with E-state index in [0.29, 0.717) is 10.6 Å². The predicted octanol–water partition coefficient (Wildman–Crippen LogP) is 3.28. The maximum absolute atomic E-state index is 12.0. The zero-order chi connectivity index (χ0) is 15.4. The summed E-state index contributed by atoms with van der Waals surface area (Å²) in [7, 11) is 0. The van der Waals surface area contributed by atoms with E-state index in [1.54, 1.807) is 41.3 Å². The minimum atomic E-state index is -0.398. The number of hydrogen-bond donors (Lipinski definition) is 0. The summed E-state index contributed by atoms with van der Waals surface area (Å²) >= 11 is 6.02. The summed E-state index contributed by atoms with van der Waals surface area (Å²) in [6.07, 6.45) is 3.04. The second kappa shape index (κ2) is 6.41. The molecule has 0 unspecified atom stereocenters. The van der Waals surface area contributed by atoms with Gasteiger partial charge < -0.3 is 4.74 Å². The van der Waals surface area contributed by atoms with Crippen molar-refractivity contribution in [2.75, 3.05) is 0 Å². The summed E-state index contributed by atoms with van der Waals surface area (Å²) < 4.78 is 6.88. The normalized spacial score (nSPS) is 10.4. The van der Waals surface area contributed by atoms with E-state index in [0.717, 1.165) is 11.3 Å². The van der Waals surface area contributed by atoms with Crippen LogP contribution < -0.4 is 0 Å². The van der Waals surface area contributed by atoms with E-state index in [1.165, 1.54) is 6.33 Å². The van der Waals surface area contributed by atoms with Crippen molar-refractivity contribution < 1.29 is 9.53 Å². The van der Waals surface area contributed by atoms with Crippen LogP contribution in [0, 0.1) is 0 Å². The Bertz CT molecular complexity index is 770. The van der Waals surface area contributed by atoms with Gasteiger partial charge in [0, 0.05) is 10.6 Å². The first-order valence-electron chi connectivity index (χ1n) is 6.59. The third kappa shape index (κ3) is 3.15. The lowest BCUT2D eigenvalue weighted by Gasteiger charge is -2.07. The van der Waals surface area contributed by atoms with Crippen LogP contribution in [0.1, 0.15) is 15.9 Å². The highest BCUT2D eigenvalue weighted by Gasteiger charge is 2.09. The molecule has 0 fully saturated rings. The molecule has 3 aromatic rings. The molecular formula is C16H12ClN3O2. The lowest BCUT2D eigenvalue weighted by atomic mass is 10.2. The highest BCUT2D eigenvalue weighted by molar-refractivity contribution is 6.31. The molecule has 2 aromatic carbocycles. The molecule has 0 atom stereocenters. The first-order chi connectivity index (χ1) is 10.7. The SMILES string of the molecule is O=C(OCc1ccccc1Cl)c1ccc(-n2cncn2)cc1. The number of carbonyl (C=O) groups is 1. The lowest BCUT2D eigenvalue weighted by molar-refractivity contribution is 0.0473. The Morgan fingerprint density at radius 1 is 1.14 bits per heavy atom. The van der Waals surface area contributed by atoms with Crippen molar-refractivity contribution in [3.63, 3.8) is 0 Å². The first-order valence-corrected chi connectivity index (χ1v) is 6.97. The van der Waals surface area contributed by atoms with Crippen molar-refractivity contribution in [1.82, 2.24) is 14.8 Å². The van der Waals surface area contributed by atoms with E-state index < -0.39 is 5.97 Å². The highest BCUT2D eigenvalue weighted by atomic mass is 35.5. The maximum Gasteiger partial charge on any atom is 0.338 e.